The van der Waals surface area contributed by atoms with Gasteiger partial charge in [0.1, 0.15) is 5.72 Å². The minimum atomic E-state index is -3.35. The minimum Gasteiger partial charge on any atom is -0.384 e. The van der Waals surface area contributed by atoms with E-state index in [1.54, 1.807) is 13.8 Å². The number of ether oxygens (including phenoxy) is 2. The summed E-state index contributed by atoms with van der Waals surface area (Å²) in [5.41, 5.74) is -0.951. The monoisotopic (exact) mass is 235 g/mol. The molecule has 0 radical (unpaired) electrons. The Morgan fingerprint density at radius 2 is 2.19 bits per heavy atom. The number of rotatable bonds is 2. The molecule has 2 rings (SSSR count). The van der Waals surface area contributed by atoms with Crippen molar-refractivity contribution in [3.8, 4) is 0 Å². The van der Waals surface area contributed by atoms with Crippen molar-refractivity contribution in [2.24, 2.45) is 5.92 Å². The molecule has 0 N–H and O–H groups in total. The molecule has 0 aromatic heterocycles. The first-order valence-corrected chi connectivity index (χ1v) is 5.17. The van der Waals surface area contributed by atoms with E-state index in [9.17, 15) is 13.6 Å². The van der Waals surface area contributed by atoms with Crippen molar-refractivity contribution in [1.82, 2.24) is 4.90 Å². The predicted molar refractivity (Wildman–Crippen MR) is 51.0 cm³/mol. The first-order chi connectivity index (χ1) is 7.32. The zero-order chi connectivity index (χ0) is 12.1. The van der Waals surface area contributed by atoms with Crippen LogP contribution in [0.1, 0.15) is 13.8 Å². The molecule has 92 valence electrons. The molecular formula is C10H15F2NO3. The van der Waals surface area contributed by atoms with Crippen molar-refractivity contribution in [3.63, 3.8) is 0 Å². The Kier molecular flexibility index (Phi) is 2.47. The van der Waals surface area contributed by atoms with Crippen molar-refractivity contribution in [2.75, 3.05) is 20.3 Å². The molecule has 6 heteroatoms. The molecule has 0 spiro atoms. The fraction of sp³-hybridized carbons (Fsp3) is 0.900. The quantitative estimate of drug-likeness (QED) is 0.712. The second-order valence-electron chi connectivity index (χ2n) is 4.69. The molecule has 0 aromatic carbocycles. The molecule has 0 saturated carbocycles. The Labute approximate surface area is 92.5 Å². The van der Waals surface area contributed by atoms with Gasteiger partial charge in [-0.2, -0.15) is 8.78 Å². The molecule has 0 unspecified atom stereocenters. The van der Waals surface area contributed by atoms with E-state index in [4.69, 9.17) is 9.47 Å². The Morgan fingerprint density at radius 1 is 1.56 bits per heavy atom. The summed E-state index contributed by atoms with van der Waals surface area (Å²) >= 11 is 0. The molecule has 0 aliphatic carbocycles. The van der Waals surface area contributed by atoms with Gasteiger partial charge in [0.15, 0.2) is 0 Å². The van der Waals surface area contributed by atoms with Crippen molar-refractivity contribution < 1.29 is 23.0 Å². The van der Waals surface area contributed by atoms with E-state index >= 15 is 0 Å². The van der Waals surface area contributed by atoms with Crippen LogP contribution < -0.4 is 0 Å². The summed E-state index contributed by atoms with van der Waals surface area (Å²) in [6.07, 6.45) is 0. The van der Waals surface area contributed by atoms with Gasteiger partial charge in [-0.25, -0.2) is 0 Å². The lowest BCUT2D eigenvalue weighted by molar-refractivity contribution is -0.165. The fourth-order valence-electron chi connectivity index (χ4n) is 2.48. The van der Waals surface area contributed by atoms with Crippen LogP contribution in [-0.2, 0) is 14.3 Å². The fourth-order valence-corrected chi connectivity index (χ4v) is 2.48. The van der Waals surface area contributed by atoms with Gasteiger partial charge in [-0.05, 0) is 13.8 Å². The largest absolute Gasteiger partial charge is 0.384 e. The van der Waals surface area contributed by atoms with Crippen LogP contribution in [0, 0.1) is 5.92 Å². The maximum atomic E-state index is 13.7. The van der Waals surface area contributed by atoms with Gasteiger partial charge in [-0.1, -0.05) is 0 Å². The van der Waals surface area contributed by atoms with Crippen molar-refractivity contribution in [3.05, 3.63) is 0 Å². The summed E-state index contributed by atoms with van der Waals surface area (Å²) in [4.78, 5) is 12.8. The molecule has 2 heterocycles. The molecule has 2 atom stereocenters. The van der Waals surface area contributed by atoms with E-state index in [-0.39, 0.29) is 13.2 Å². The summed E-state index contributed by atoms with van der Waals surface area (Å²) in [6, 6.07) is -0.586. The Bertz CT molecular complexity index is 319. The lowest BCUT2D eigenvalue weighted by atomic mass is 9.99. The molecular weight excluding hydrogens is 220 g/mol. The smallest absolute Gasteiger partial charge is 0.331 e. The number of hydrogen-bond donors (Lipinski definition) is 0. The van der Waals surface area contributed by atoms with Gasteiger partial charge in [0.2, 0.25) is 0 Å². The molecule has 4 nitrogen and oxygen atoms in total. The van der Waals surface area contributed by atoms with Gasteiger partial charge in [-0.3, -0.25) is 4.79 Å². The number of amides is 1. The topological polar surface area (TPSA) is 38.8 Å². The Morgan fingerprint density at radius 3 is 2.75 bits per heavy atom. The van der Waals surface area contributed by atoms with E-state index in [0.717, 1.165) is 4.90 Å². The lowest BCUT2D eigenvalue weighted by Gasteiger charge is -2.29. The number of fused-ring (bicyclic) bond motifs is 1. The van der Waals surface area contributed by atoms with Crippen molar-refractivity contribution in [2.45, 2.75) is 31.5 Å². The summed E-state index contributed by atoms with van der Waals surface area (Å²) in [5.74, 6) is -5.62. The average molecular weight is 235 g/mol. The van der Waals surface area contributed by atoms with E-state index in [1.165, 1.54) is 7.11 Å². The molecule has 2 fully saturated rings. The highest BCUT2D eigenvalue weighted by Crippen LogP contribution is 2.46. The van der Waals surface area contributed by atoms with E-state index < -0.39 is 29.5 Å². The molecule has 2 saturated heterocycles. The maximum Gasteiger partial charge on any atom is 0.331 e. The van der Waals surface area contributed by atoms with E-state index in [1.807, 2.05) is 0 Å². The third-order valence-corrected chi connectivity index (χ3v) is 3.30. The number of hydrogen-bond acceptors (Lipinski definition) is 3. The number of carbonyl (C=O) groups excluding carboxylic acids is 1. The number of alkyl halides is 2. The van der Waals surface area contributed by atoms with E-state index in [2.05, 4.69) is 0 Å². The number of nitrogens with zero attached hydrogens (tertiary/aromatic N) is 1. The highest BCUT2D eigenvalue weighted by molar-refractivity contribution is 5.87. The van der Waals surface area contributed by atoms with Crippen LogP contribution in [0.5, 0.6) is 0 Å². The zero-order valence-corrected chi connectivity index (χ0v) is 9.50. The van der Waals surface area contributed by atoms with Crippen LogP contribution in [-0.4, -0.2) is 48.8 Å². The predicted octanol–water partition coefficient (Wildman–Crippen LogP) is 0.861. The highest BCUT2D eigenvalue weighted by atomic mass is 19.3. The van der Waals surface area contributed by atoms with Crippen LogP contribution in [0.2, 0.25) is 0 Å². The molecule has 2 aliphatic heterocycles. The highest BCUT2D eigenvalue weighted by Gasteiger charge is 2.67. The normalized spacial score (nSPS) is 35.6. The summed E-state index contributed by atoms with van der Waals surface area (Å²) in [5, 5.41) is 0. The second kappa shape index (κ2) is 3.37. The Balaban J connectivity index is 2.34. The van der Waals surface area contributed by atoms with Crippen LogP contribution in [0.3, 0.4) is 0 Å². The second-order valence-corrected chi connectivity index (χ2v) is 4.69. The lowest BCUT2D eigenvalue weighted by Crippen LogP contribution is -2.46. The van der Waals surface area contributed by atoms with Gasteiger partial charge < -0.3 is 14.4 Å². The van der Waals surface area contributed by atoms with Crippen LogP contribution in [0.15, 0.2) is 0 Å². The standard InChI is InChI=1S/C10H15F2NO3/c1-9(2)13-7(5-16-9)6(4-15-3)10(11,12)8(13)14/h6-7H,4-5H2,1-3H3/t6-,7+/m0/s1. The Hall–Kier alpha value is -0.750. The van der Waals surface area contributed by atoms with Gasteiger partial charge in [0, 0.05) is 7.11 Å². The summed E-state index contributed by atoms with van der Waals surface area (Å²) < 4.78 is 37.6. The molecule has 1 amide bonds. The zero-order valence-electron chi connectivity index (χ0n) is 9.50. The van der Waals surface area contributed by atoms with Crippen LogP contribution in [0.25, 0.3) is 0 Å². The number of methoxy groups -OCH3 is 1. The third-order valence-electron chi connectivity index (χ3n) is 3.30. The molecule has 2 aliphatic rings. The van der Waals surface area contributed by atoms with Gasteiger partial charge in [0.05, 0.1) is 25.2 Å². The van der Waals surface area contributed by atoms with Crippen LogP contribution >= 0.6 is 0 Å². The third kappa shape index (κ3) is 1.36. The van der Waals surface area contributed by atoms with Gasteiger partial charge in [0.25, 0.3) is 5.91 Å². The van der Waals surface area contributed by atoms with Gasteiger partial charge in [-0.15, -0.1) is 0 Å². The molecule has 0 aromatic rings. The molecule has 16 heavy (non-hydrogen) atoms. The SMILES string of the molecule is COC[C@H]1[C@H]2COC(C)(C)N2C(=O)C1(F)F. The first-order valence-electron chi connectivity index (χ1n) is 5.17. The van der Waals surface area contributed by atoms with Crippen LogP contribution in [0.4, 0.5) is 8.78 Å². The summed E-state index contributed by atoms with van der Waals surface area (Å²) in [6.45, 7) is 3.24. The summed E-state index contributed by atoms with van der Waals surface area (Å²) in [7, 11) is 1.35. The first kappa shape index (κ1) is 11.7. The number of carbonyl (C=O) groups is 1. The molecule has 0 bridgehead atoms. The number of halogens is 2. The minimum absolute atomic E-state index is 0.140. The maximum absolute atomic E-state index is 13.7. The van der Waals surface area contributed by atoms with Crippen molar-refractivity contribution >= 4 is 5.91 Å². The van der Waals surface area contributed by atoms with E-state index in [0.29, 0.717) is 0 Å². The van der Waals surface area contributed by atoms with Gasteiger partial charge >= 0.3 is 5.92 Å². The average Bonchev–Trinajstić information content (AvgIpc) is 2.57. The van der Waals surface area contributed by atoms with Crippen molar-refractivity contribution in [1.29, 1.82) is 0 Å².